The minimum atomic E-state index is 0.637. The van der Waals surface area contributed by atoms with Gasteiger partial charge in [0, 0.05) is 15.2 Å². The van der Waals surface area contributed by atoms with Crippen LogP contribution in [0, 0.1) is 6.92 Å². The van der Waals surface area contributed by atoms with E-state index in [-0.39, 0.29) is 0 Å². The molecule has 0 fully saturated rings. The van der Waals surface area contributed by atoms with Crippen molar-refractivity contribution in [2.24, 2.45) is 0 Å². The first-order valence-corrected chi connectivity index (χ1v) is 6.31. The Balaban J connectivity index is 2.28. The molecular formula is C13H12BrClN2. The van der Waals surface area contributed by atoms with Crippen molar-refractivity contribution in [1.82, 2.24) is 0 Å². The maximum Gasteiger partial charge on any atom is 0.0618 e. The fourth-order valence-electron chi connectivity index (χ4n) is 1.53. The van der Waals surface area contributed by atoms with E-state index in [1.54, 1.807) is 6.07 Å². The van der Waals surface area contributed by atoms with Gasteiger partial charge in [0.05, 0.1) is 11.4 Å². The van der Waals surface area contributed by atoms with Gasteiger partial charge in [0.15, 0.2) is 0 Å². The molecule has 2 rings (SSSR count). The van der Waals surface area contributed by atoms with Crippen molar-refractivity contribution in [3.05, 3.63) is 51.5 Å². The summed E-state index contributed by atoms with van der Waals surface area (Å²) in [7, 11) is 0. The lowest BCUT2D eigenvalue weighted by atomic mass is 10.2. The predicted octanol–water partition coefficient (Wildman–Crippen LogP) is 4.74. The summed E-state index contributed by atoms with van der Waals surface area (Å²) in [4.78, 5) is 0. The molecule has 17 heavy (non-hydrogen) atoms. The smallest absolute Gasteiger partial charge is 0.0618 e. The predicted molar refractivity (Wildman–Crippen MR) is 78.0 cm³/mol. The van der Waals surface area contributed by atoms with Crippen LogP contribution in [0.3, 0.4) is 0 Å². The summed E-state index contributed by atoms with van der Waals surface area (Å²) >= 11 is 9.32. The van der Waals surface area contributed by atoms with Crippen molar-refractivity contribution in [3.63, 3.8) is 0 Å². The number of nitrogens with one attached hydrogen (secondary N) is 1. The zero-order chi connectivity index (χ0) is 12.4. The van der Waals surface area contributed by atoms with Gasteiger partial charge in [-0.3, -0.25) is 0 Å². The van der Waals surface area contributed by atoms with E-state index in [0.717, 1.165) is 15.8 Å². The van der Waals surface area contributed by atoms with E-state index in [2.05, 4.69) is 27.3 Å². The first-order chi connectivity index (χ1) is 8.06. The highest BCUT2D eigenvalue weighted by atomic mass is 79.9. The molecule has 4 heteroatoms. The van der Waals surface area contributed by atoms with Crippen LogP contribution in [0.25, 0.3) is 0 Å². The van der Waals surface area contributed by atoms with E-state index < -0.39 is 0 Å². The molecule has 88 valence electrons. The van der Waals surface area contributed by atoms with Crippen molar-refractivity contribution in [1.29, 1.82) is 0 Å². The summed E-state index contributed by atoms with van der Waals surface area (Å²) in [6.07, 6.45) is 0. The second-order valence-electron chi connectivity index (χ2n) is 3.82. The molecule has 0 aliphatic heterocycles. The molecule has 0 aromatic heterocycles. The molecule has 0 unspecified atom stereocenters. The van der Waals surface area contributed by atoms with Gasteiger partial charge in [0.1, 0.15) is 0 Å². The van der Waals surface area contributed by atoms with Crippen molar-refractivity contribution in [2.45, 2.75) is 6.92 Å². The lowest BCUT2D eigenvalue weighted by Gasteiger charge is -2.10. The van der Waals surface area contributed by atoms with Crippen LogP contribution < -0.4 is 11.1 Å². The maximum absolute atomic E-state index is 5.88. The quantitative estimate of drug-likeness (QED) is 0.786. The molecule has 0 bridgehead atoms. The standard InChI is InChI=1S/C13H12BrClN2/c1-8-6-10(3-4-11(8)14)17-13-5-2-9(15)7-12(13)16/h2-7,17H,16H2,1H3. The minimum Gasteiger partial charge on any atom is -0.397 e. The summed E-state index contributed by atoms with van der Waals surface area (Å²) in [5.41, 5.74) is 9.54. The summed E-state index contributed by atoms with van der Waals surface area (Å²) in [6.45, 7) is 2.04. The summed E-state index contributed by atoms with van der Waals surface area (Å²) in [5.74, 6) is 0. The molecule has 0 radical (unpaired) electrons. The number of nitrogens with two attached hydrogens (primary N) is 1. The summed E-state index contributed by atoms with van der Waals surface area (Å²) in [5, 5.41) is 3.90. The molecule has 0 spiro atoms. The van der Waals surface area contributed by atoms with Gasteiger partial charge in [-0.15, -0.1) is 0 Å². The number of rotatable bonds is 2. The van der Waals surface area contributed by atoms with E-state index in [4.69, 9.17) is 17.3 Å². The maximum atomic E-state index is 5.88. The van der Waals surface area contributed by atoms with Crippen LogP contribution in [-0.2, 0) is 0 Å². The van der Waals surface area contributed by atoms with Crippen LogP contribution in [0.5, 0.6) is 0 Å². The van der Waals surface area contributed by atoms with E-state index in [9.17, 15) is 0 Å². The minimum absolute atomic E-state index is 0.637. The highest BCUT2D eigenvalue weighted by Crippen LogP contribution is 2.28. The second kappa shape index (κ2) is 4.98. The van der Waals surface area contributed by atoms with Gasteiger partial charge in [-0.2, -0.15) is 0 Å². The van der Waals surface area contributed by atoms with Crippen LogP contribution in [0.4, 0.5) is 17.1 Å². The Kier molecular flexibility index (Phi) is 3.60. The molecule has 0 aliphatic carbocycles. The molecule has 3 N–H and O–H groups in total. The first-order valence-electron chi connectivity index (χ1n) is 5.14. The third-order valence-electron chi connectivity index (χ3n) is 2.45. The van der Waals surface area contributed by atoms with E-state index >= 15 is 0 Å². The van der Waals surface area contributed by atoms with Gasteiger partial charge in [-0.1, -0.05) is 27.5 Å². The third-order valence-corrected chi connectivity index (χ3v) is 3.58. The number of hydrogen-bond donors (Lipinski definition) is 2. The SMILES string of the molecule is Cc1cc(Nc2ccc(Cl)cc2N)ccc1Br. The van der Waals surface area contributed by atoms with Crippen LogP contribution >= 0.6 is 27.5 Å². The zero-order valence-electron chi connectivity index (χ0n) is 9.30. The van der Waals surface area contributed by atoms with Gasteiger partial charge >= 0.3 is 0 Å². The zero-order valence-corrected chi connectivity index (χ0v) is 11.6. The Hall–Kier alpha value is -1.19. The summed E-state index contributed by atoms with van der Waals surface area (Å²) < 4.78 is 1.09. The number of halogens is 2. The topological polar surface area (TPSA) is 38.0 Å². The largest absolute Gasteiger partial charge is 0.397 e. The lowest BCUT2D eigenvalue weighted by molar-refractivity contribution is 1.42. The van der Waals surface area contributed by atoms with Crippen molar-refractivity contribution >= 4 is 44.6 Å². The highest BCUT2D eigenvalue weighted by molar-refractivity contribution is 9.10. The first kappa shape index (κ1) is 12.3. The highest BCUT2D eigenvalue weighted by Gasteiger charge is 2.02. The van der Waals surface area contributed by atoms with Gasteiger partial charge in [-0.25, -0.2) is 0 Å². The Morgan fingerprint density at radius 1 is 1.18 bits per heavy atom. The van der Waals surface area contributed by atoms with Crippen LogP contribution in [-0.4, -0.2) is 0 Å². The number of aryl methyl sites for hydroxylation is 1. The van der Waals surface area contributed by atoms with Gasteiger partial charge in [0.2, 0.25) is 0 Å². The summed E-state index contributed by atoms with van der Waals surface area (Å²) in [6, 6.07) is 11.5. The van der Waals surface area contributed by atoms with Gasteiger partial charge < -0.3 is 11.1 Å². The molecule has 0 heterocycles. The van der Waals surface area contributed by atoms with Crippen molar-refractivity contribution < 1.29 is 0 Å². The molecule has 0 amide bonds. The van der Waals surface area contributed by atoms with Crippen molar-refractivity contribution in [2.75, 3.05) is 11.1 Å². The third kappa shape index (κ3) is 2.93. The van der Waals surface area contributed by atoms with E-state index in [1.807, 2.05) is 31.2 Å². The number of hydrogen-bond acceptors (Lipinski definition) is 2. The van der Waals surface area contributed by atoms with Crippen LogP contribution in [0.15, 0.2) is 40.9 Å². The fourth-order valence-corrected chi connectivity index (χ4v) is 1.95. The molecule has 0 saturated carbocycles. The number of nitrogen functional groups attached to an aromatic ring is 1. The molecule has 2 nitrogen and oxygen atoms in total. The number of anilines is 3. The molecule has 2 aromatic carbocycles. The normalized spacial score (nSPS) is 10.3. The Morgan fingerprint density at radius 2 is 1.94 bits per heavy atom. The second-order valence-corrected chi connectivity index (χ2v) is 5.11. The van der Waals surface area contributed by atoms with Gasteiger partial charge in [-0.05, 0) is 48.9 Å². The fraction of sp³-hybridized carbons (Fsp3) is 0.0769. The van der Waals surface area contributed by atoms with Crippen molar-refractivity contribution in [3.8, 4) is 0 Å². The Morgan fingerprint density at radius 3 is 2.59 bits per heavy atom. The Labute approximate surface area is 114 Å². The molecular weight excluding hydrogens is 300 g/mol. The lowest BCUT2D eigenvalue weighted by Crippen LogP contribution is -1.96. The van der Waals surface area contributed by atoms with Crippen LogP contribution in [0.1, 0.15) is 5.56 Å². The molecule has 0 saturated heterocycles. The molecule has 2 aromatic rings. The molecule has 0 atom stereocenters. The molecule has 0 aliphatic rings. The van der Waals surface area contributed by atoms with Gasteiger partial charge in [0.25, 0.3) is 0 Å². The Bertz CT molecular complexity index is 555. The average molecular weight is 312 g/mol. The average Bonchev–Trinajstić information content (AvgIpc) is 2.27. The van der Waals surface area contributed by atoms with Crippen LogP contribution in [0.2, 0.25) is 5.02 Å². The monoisotopic (exact) mass is 310 g/mol. The van der Waals surface area contributed by atoms with E-state index in [1.165, 1.54) is 5.56 Å². The van der Waals surface area contributed by atoms with E-state index in [0.29, 0.717) is 10.7 Å². The number of benzene rings is 2.